The maximum Gasteiger partial charge on any atom is 0.365 e. The van der Waals surface area contributed by atoms with Crippen LogP contribution in [-0.2, 0) is 0 Å². The average Bonchev–Trinajstić information content (AvgIpc) is 2.57. The summed E-state index contributed by atoms with van der Waals surface area (Å²) in [5.41, 5.74) is -0.715. The van der Waals surface area contributed by atoms with E-state index in [0.717, 1.165) is 0 Å². The molecule has 0 fully saturated rings. The van der Waals surface area contributed by atoms with Crippen LogP contribution in [0.1, 0.15) is 11.3 Å². The standard InChI is InChI=1S/C14H16N4O5/c1-8-13(19)18(14(20)17-16-8)15-7-9-5-6-10(21-2)12(23-4)11(9)22-3/h5-7H,1-4H3,(H,17,20). The third-order valence-corrected chi connectivity index (χ3v) is 3.06. The molecule has 0 aliphatic heterocycles. The maximum absolute atomic E-state index is 11.9. The normalized spacial score (nSPS) is 10.8. The lowest BCUT2D eigenvalue weighted by molar-refractivity contribution is 0.324. The molecule has 0 saturated carbocycles. The number of hydrogen-bond donors (Lipinski definition) is 1. The van der Waals surface area contributed by atoms with Crippen molar-refractivity contribution in [2.75, 3.05) is 21.3 Å². The molecular weight excluding hydrogens is 304 g/mol. The van der Waals surface area contributed by atoms with Crippen molar-refractivity contribution in [2.45, 2.75) is 6.92 Å². The van der Waals surface area contributed by atoms with Gasteiger partial charge in [0.25, 0.3) is 5.56 Å². The van der Waals surface area contributed by atoms with Crippen molar-refractivity contribution in [1.82, 2.24) is 14.9 Å². The number of methoxy groups -OCH3 is 3. The van der Waals surface area contributed by atoms with Crippen molar-refractivity contribution in [2.24, 2.45) is 5.10 Å². The number of aromatic nitrogens is 3. The quantitative estimate of drug-likeness (QED) is 0.786. The van der Waals surface area contributed by atoms with Crippen molar-refractivity contribution < 1.29 is 14.2 Å². The number of nitrogens with zero attached hydrogens (tertiary/aromatic N) is 3. The third kappa shape index (κ3) is 3.07. The largest absolute Gasteiger partial charge is 0.493 e. The minimum Gasteiger partial charge on any atom is -0.493 e. The van der Waals surface area contributed by atoms with Gasteiger partial charge in [0.1, 0.15) is 5.69 Å². The first-order valence-corrected chi connectivity index (χ1v) is 6.55. The van der Waals surface area contributed by atoms with Crippen LogP contribution in [-0.4, -0.2) is 42.4 Å². The number of benzene rings is 1. The van der Waals surface area contributed by atoms with E-state index in [4.69, 9.17) is 14.2 Å². The lowest BCUT2D eigenvalue weighted by atomic mass is 10.2. The van der Waals surface area contributed by atoms with Gasteiger partial charge < -0.3 is 14.2 Å². The number of ether oxygens (including phenoxy) is 3. The van der Waals surface area contributed by atoms with Crippen LogP contribution in [0, 0.1) is 6.92 Å². The molecule has 9 nitrogen and oxygen atoms in total. The Kier molecular flexibility index (Phi) is 4.79. The summed E-state index contributed by atoms with van der Waals surface area (Å²) in [6, 6.07) is 3.32. The van der Waals surface area contributed by atoms with Gasteiger partial charge in [-0.1, -0.05) is 0 Å². The molecule has 0 aliphatic rings. The summed E-state index contributed by atoms with van der Waals surface area (Å²) in [6.45, 7) is 1.47. The Hall–Kier alpha value is -3.10. The molecule has 9 heteroatoms. The molecule has 23 heavy (non-hydrogen) atoms. The summed E-state index contributed by atoms with van der Waals surface area (Å²) in [7, 11) is 4.44. The fourth-order valence-electron chi connectivity index (χ4n) is 1.92. The Balaban J connectivity index is 2.55. The second kappa shape index (κ2) is 6.77. The molecular formula is C14H16N4O5. The van der Waals surface area contributed by atoms with Crippen LogP contribution in [0.3, 0.4) is 0 Å². The van der Waals surface area contributed by atoms with E-state index >= 15 is 0 Å². The molecule has 1 heterocycles. The van der Waals surface area contributed by atoms with Crippen molar-refractivity contribution in [1.29, 1.82) is 0 Å². The van der Waals surface area contributed by atoms with Crippen LogP contribution in [0.2, 0.25) is 0 Å². The van der Waals surface area contributed by atoms with Crippen LogP contribution in [0.5, 0.6) is 17.2 Å². The van der Waals surface area contributed by atoms with E-state index in [0.29, 0.717) is 27.5 Å². The molecule has 1 N–H and O–H groups in total. The van der Waals surface area contributed by atoms with Gasteiger partial charge in [0.2, 0.25) is 5.75 Å². The first kappa shape index (κ1) is 16.3. The van der Waals surface area contributed by atoms with Gasteiger partial charge in [0, 0.05) is 5.56 Å². The SMILES string of the molecule is COc1ccc(C=Nn2c(=O)[nH]nc(C)c2=O)c(OC)c1OC. The Morgan fingerprint density at radius 3 is 2.43 bits per heavy atom. The smallest absolute Gasteiger partial charge is 0.365 e. The van der Waals surface area contributed by atoms with Gasteiger partial charge in [0.05, 0.1) is 27.5 Å². The molecule has 0 bridgehead atoms. The number of aromatic amines is 1. The van der Waals surface area contributed by atoms with Crippen LogP contribution >= 0.6 is 0 Å². The second-order valence-corrected chi connectivity index (χ2v) is 4.40. The van der Waals surface area contributed by atoms with Crippen molar-refractivity contribution in [3.63, 3.8) is 0 Å². The van der Waals surface area contributed by atoms with Gasteiger partial charge in [0.15, 0.2) is 11.5 Å². The first-order chi connectivity index (χ1) is 11.0. The molecule has 0 spiro atoms. The van der Waals surface area contributed by atoms with Crippen LogP contribution in [0.4, 0.5) is 0 Å². The number of hydrogen-bond acceptors (Lipinski definition) is 7. The summed E-state index contributed by atoms with van der Waals surface area (Å²) in [6.07, 6.45) is 1.32. The predicted octanol–water partition coefficient (Wildman–Crippen LogP) is 0.148. The van der Waals surface area contributed by atoms with Gasteiger partial charge in [-0.05, 0) is 19.1 Å². The molecule has 2 rings (SSSR count). The zero-order valence-corrected chi connectivity index (χ0v) is 13.1. The fourth-order valence-corrected chi connectivity index (χ4v) is 1.92. The molecule has 0 unspecified atom stereocenters. The van der Waals surface area contributed by atoms with Crippen LogP contribution < -0.4 is 25.5 Å². The van der Waals surface area contributed by atoms with Crippen molar-refractivity contribution in [3.05, 3.63) is 44.2 Å². The molecule has 122 valence electrons. The molecule has 2 aromatic rings. The van der Waals surface area contributed by atoms with Crippen molar-refractivity contribution in [3.8, 4) is 17.2 Å². The highest BCUT2D eigenvalue weighted by molar-refractivity contribution is 5.86. The number of aryl methyl sites for hydroxylation is 1. The second-order valence-electron chi connectivity index (χ2n) is 4.40. The lowest BCUT2D eigenvalue weighted by Gasteiger charge is -2.13. The first-order valence-electron chi connectivity index (χ1n) is 6.55. The highest BCUT2D eigenvalue weighted by Crippen LogP contribution is 2.38. The Morgan fingerprint density at radius 2 is 1.83 bits per heavy atom. The highest BCUT2D eigenvalue weighted by atomic mass is 16.5. The van der Waals surface area contributed by atoms with E-state index in [1.165, 1.54) is 34.5 Å². The maximum atomic E-state index is 11.9. The molecule has 1 aromatic heterocycles. The van der Waals surface area contributed by atoms with E-state index in [9.17, 15) is 9.59 Å². The van der Waals surface area contributed by atoms with Gasteiger partial charge in [-0.25, -0.2) is 9.89 Å². The number of H-pyrrole nitrogens is 1. The van der Waals surface area contributed by atoms with Gasteiger partial charge in [-0.15, -0.1) is 4.68 Å². The number of rotatable bonds is 5. The highest BCUT2D eigenvalue weighted by Gasteiger charge is 2.14. The van der Waals surface area contributed by atoms with E-state index < -0.39 is 11.2 Å². The van der Waals surface area contributed by atoms with Gasteiger partial charge in [-0.2, -0.15) is 10.2 Å². The Morgan fingerprint density at radius 1 is 1.13 bits per heavy atom. The zero-order valence-electron chi connectivity index (χ0n) is 13.1. The minimum atomic E-state index is -0.740. The Labute approximate surface area is 131 Å². The average molecular weight is 320 g/mol. The van der Waals surface area contributed by atoms with E-state index in [1.807, 2.05) is 0 Å². The molecule has 0 atom stereocenters. The topological polar surface area (TPSA) is 108 Å². The predicted molar refractivity (Wildman–Crippen MR) is 82.9 cm³/mol. The molecule has 0 radical (unpaired) electrons. The molecule has 0 aliphatic carbocycles. The van der Waals surface area contributed by atoms with E-state index in [2.05, 4.69) is 15.3 Å². The lowest BCUT2D eigenvalue weighted by Crippen LogP contribution is -2.35. The summed E-state index contributed by atoms with van der Waals surface area (Å²) in [5, 5.41) is 9.65. The monoisotopic (exact) mass is 320 g/mol. The minimum absolute atomic E-state index is 0.126. The van der Waals surface area contributed by atoms with Gasteiger partial charge in [-0.3, -0.25) is 4.79 Å². The Bertz CT molecular complexity index is 853. The van der Waals surface area contributed by atoms with Crippen LogP contribution in [0.15, 0.2) is 26.8 Å². The zero-order chi connectivity index (χ0) is 17.0. The summed E-state index contributed by atoms with van der Waals surface area (Å²) in [4.78, 5) is 23.5. The summed E-state index contributed by atoms with van der Waals surface area (Å²) in [5.74, 6) is 1.23. The van der Waals surface area contributed by atoms with E-state index in [1.54, 1.807) is 12.1 Å². The fraction of sp³-hybridized carbons (Fsp3) is 0.286. The van der Waals surface area contributed by atoms with E-state index in [-0.39, 0.29) is 5.69 Å². The summed E-state index contributed by atoms with van der Waals surface area (Å²) >= 11 is 0. The molecule has 0 amide bonds. The van der Waals surface area contributed by atoms with Gasteiger partial charge >= 0.3 is 5.69 Å². The third-order valence-electron chi connectivity index (χ3n) is 3.06. The van der Waals surface area contributed by atoms with Crippen molar-refractivity contribution >= 4 is 6.21 Å². The molecule has 1 aromatic carbocycles. The summed E-state index contributed by atoms with van der Waals surface area (Å²) < 4.78 is 16.4. The number of nitrogens with one attached hydrogen (secondary N) is 1. The molecule has 0 saturated heterocycles. The van der Waals surface area contributed by atoms with Crippen LogP contribution in [0.25, 0.3) is 0 Å².